The summed E-state index contributed by atoms with van der Waals surface area (Å²) in [4.78, 5) is 11.2. The molecule has 2 aromatic rings. The first-order chi connectivity index (χ1) is 8.27. The molecule has 0 aliphatic rings. The van der Waals surface area contributed by atoms with Crippen LogP contribution >= 0.6 is 8.15 Å². The molecule has 0 amide bonds. The predicted molar refractivity (Wildman–Crippen MR) is 70.8 cm³/mol. The van der Waals surface area contributed by atoms with Crippen molar-refractivity contribution in [3.63, 3.8) is 0 Å². The summed E-state index contributed by atoms with van der Waals surface area (Å²) in [5.74, 6) is -0.246. The zero-order chi connectivity index (χ0) is 12.1. The van der Waals surface area contributed by atoms with Gasteiger partial charge in [-0.3, -0.25) is 4.79 Å². The molecule has 17 heavy (non-hydrogen) atoms. The van der Waals surface area contributed by atoms with Crippen molar-refractivity contribution in [1.29, 1.82) is 0 Å². The maximum atomic E-state index is 11.2. The van der Waals surface area contributed by atoms with Crippen molar-refractivity contribution in [3.05, 3.63) is 60.7 Å². The lowest BCUT2D eigenvalue weighted by molar-refractivity contribution is -0.131. The van der Waals surface area contributed by atoms with Gasteiger partial charge in [-0.2, -0.15) is 0 Å². The van der Waals surface area contributed by atoms with Crippen molar-refractivity contribution in [2.45, 2.75) is 6.92 Å². The Labute approximate surface area is 102 Å². The first-order valence-electron chi connectivity index (χ1n) is 5.36. The second-order valence-electron chi connectivity index (χ2n) is 3.55. The molecule has 0 aromatic heterocycles. The summed E-state index contributed by atoms with van der Waals surface area (Å²) in [6.45, 7) is 1.45. The Hall–Kier alpha value is -1.66. The van der Waals surface area contributed by atoms with Gasteiger partial charge in [-0.15, -0.1) is 0 Å². The van der Waals surface area contributed by atoms with Gasteiger partial charge in [-0.05, 0) is 0 Å². The van der Waals surface area contributed by atoms with Gasteiger partial charge in [0, 0.05) is 17.5 Å². The number of carbonyl (C=O) groups excluding carboxylic acids is 1. The van der Waals surface area contributed by atoms with Crippen LogP contribution in [0.15, 0.2) is 60.7 Å². The second kappa shape index (κ2) is 5.60. The molecule has 0 atom stereocenters. The molecule has 0 saturated heterocycles. The Morgan fingerprint density at radius 3 is 1.65 bits per heavy atom. The Bertz CT molecular complexity index is 443. The summed E-state index contributed by atoms with van der Waals surface area (Å²) in [5, 5.41) is 2.09. The quantitative estimate of drug-likeness (QED) is 0.776. The van der Waals surface area contributed by atoms with Gasteiger partial charge in [-0.25, -0.2) is 0 Å². The van der Waals surface area contributed by atoms with Crippen molar-refractivity contribution in [3.8, 4) is 0 Å². The third-order valence-corrected chi connectivity index (χ3v) is 4.18. The highest BCUT2D eigenvalue weighted by atomic mass is 31.1. The zero-order valence-electron chi connectivity index (χ0n) is 9.54. The van der Waals surface area contributed by atoms with Gasteiger partial charge in [0.25, 0.3) is 0 Å². The fourth-order valence-corrected chi connectivity index (χ4v) is 3.16. The van der Waals surface area contributed by atoms with Crippen LogP contribution in [0.1, 0.15) is 6.92 Å². The first kappa shape index (κ1) is 11.8. The van der Waals surface area contributed by atoms with Gasteiger partial charge in [0.05, 0.1) is 0 Å². The van der Waals surface area contributed by atoms with Crippen LogP contribution in [0.2, 0.25) is 0 Å². The van der Waals surface area contributed by atoms with Crippen LogP contribution in [-0.4, -0.2) is 5.97 Å². The zero-order valence-corrected chi connectivity index (χ0v) is 10.4. The van der Waals surface area contributed by atoms with E-state index in [1.165, 1.54) is 6.92 Å². The normalized spacial score (nSPS) is 10.2. The minimum absolute atomic E-state index is 0.246. The van der Waals surface area contributed by atoms with E-state index >= 15 is 0 Å². The largest absolute Gasteiger partial charge is 0.435 e. The standard InChI is InChI=1S/C14H13O2P/c1-12(15)16-17(13-8-4-2-5-9-13)14-10-6-3-7-11-14/h2-11H,1H3. The van der Waals surface area contributed by atoms with E-state index in [-0.39, 0.29) is 5.97 Å². The topological polar surface area (TPSA) is 26.3 Å². The molecule has 0 radical (unpaired) electrons. The average Bonchev–Trinajstić information content (AvgIpc) is 2.38. The molecule has 0 saturated carbocycles. The van der Waals surface area contributed by atoms with Crippen molar-refractivity contribution in [2.75, 3.05) is 0 Å². The van der Waals surface area contributed by atoms with E-state index in [9.17, 15) is 4.79 Å². The van der Waals surface area contributed by atoms with Crippen molar-refractivity contribution >= 4 is 24.7 Å². The van der Waals surface area contributed by atoms with E-state index in [1.54, 1.807) is 0 Å². The van der Waals surface area contributed by atoms with Crippen LogP contribution in [-0.2, 0) is 9.32 Å². The number of benzene rings is 2. The Kier molecular flexibility index (Phi) is 3.89. The number of rotatable bonds is 3. The number of hydrogen-bond donors (Lipinski definition) is 0. The van der Waals surface area contributed by atoms with Crippen LogP contribution < -0.4 is 10.6 Å². The molecule has 2 rings (SSSR count). The Balaban J connectivity index is 2.36. The molecule has 3 heteroatoms. The van der Waals surface area contributed by atoms with E-state index in [4.69, 9.17) is 4.52 Å². The van der Waals surface area contributed by atoms with Crippen LogP contribution in [0, 0.1) is 0 Å². The van der Waals surface area contributed by atoms with Gasteiger partial charge in [0.1, 0.15) is 0 Å². The smallest absolute Gasteiger partial charge is 0.305 e. The SMILES string of the molecule is CC(=O)OP(c1ccccc1)c1ccccc1. The molecule has 0 spiro atoms. The van der Waals surface area contributed by atoms with Crippen molar-refractivity contribution in [2.24, 2.45) is 0 Å². The molecule has 0 N–H and O–H groups in total. The lowest BCUT2D eigenvalue weighted by Gasteiger charge is -2.16. The highest BCUT2D eigenvalue weighted by Gasteiger charge is 2.17. The summed E-state index contributed by atoms with van der Waals surface area (Å²) in [5.41, 5.74) is 0. The summed E-state index contributed by atoms with van der Waals surface area (Å²) in [6.07, 6.45) is 0. The van der Waals surface area contributed by atoms with Crippen molar-refractivity contribution < 1.29 is 9.32 Å². The van der Waals surface area contributed by atoms with Crippen LogP contribution in [0.3, 0.4) is 0 Å². The van der Waals surface area contributed by atoms with Gasteiger partial charge in [-0.1, -0.05) is 60.7 Å². The number of carbonyl (C=O) groups is 1. The lowest BCUT2D eigenvalue weighted by atomic mass is 10.4. The van der Waals surface area contributed by atoms with E-state index in [1.807, 2.05) is 60.7 Å². The fraction of sp³-hybridized carbons (Fsp3) is 0.0714. The minimum atomic E-state index is -1.04. The Morgan fingerprint density at radius 1 is 0.882 bits per heavy atom. The highest BCUT2D eigenvalue weighted by Crippen LogP contribution is 2.34. The van der Waals surface area contributed by atoms with Gasteiger partial charge < -0.3 is 4.52 Å². The highest BCUT2D eigenvalue weighted by molar-refractivity contribution is 7.68. The van der Waals surface area contributed by atoms with E-state index in [0.717, 1.165) is 10.6 Å². The summed E-state index contributed by atoms with van der Waals surface area (Å²) >= 11 is 0. The van der Waals surface area contributed by atoms with Crippen LogP contribution in [0.4, 0.5) is 0 Å². The molecule has 0 bridgehead atoms. The van der Waals surface area contributed by atoms with Crippen LogP contribution in [0.25, 0.3) is 0 Å². The van der Waals surface area contributed by atoms with Gasteiger partial charge in [0.15, 0.2) is 8.15 Å². The molecular formula is C14H13O2P. The summed E-state index contributed by atoms with van der Waals surface area (Å²) in [7, 11) is -1.04. The predicted octanol–water partition coefficient (Wildman–Crippen LogP) is 2.60. The second-order valence-corrected chi connectivity index (χ2v) is 5.35. The third-order valence-electron chi connectivity index (χ3n) is 2.20. The molecule has 2 aromatic carbocycles. The monoisotopic (exact) mass is 244 g/mol. The molecule has 2 nitrogen and oxygen atoms in total. The average molecular weight is 244 g/mol. The van der Waals surface area contributed by atoms with Gasteiger partial charge >= 0.3 is 5.97 Å². The molecule has 0 unspecified atom stereocenters. The maximum Gasteiger partial charge on any atom is 0.305 e. The van der Waals surface area contributed by atoms with E-state index < -0.39 is 8.15 Å². The summed E-state index contributed by atoms with van der Waals surface area (Å²) < 4.78 is 5.45. The molecule has 0 aliphatic heterocycles. The minimum Gasteiger partial charge on any atom is -0.435 e. The molecule has 0 heterocycles. The maximum absolute atomic E-state index is 11.2. The molecule has 0 fully saturated rings. The van der Waals surface area contributed by atoms with Crippen LogP contribution in [0.5, 0.6) is 0 Å². The molecule has 86 valence electrons. The molecule has 0 aliphatic carbocycles. The van der Waals surface area contributed by atoms with E-state index in [2.05, 4.69) is 0 Å². The fourth-order valence-electron chi connectivity index (χ4n) is 1.51. The van der Waals surface area contributed by atoms with E-state index in [0.29, 0.717) is 0 Å². The van der Waals surface area contributed by atoms with Crippen molar-refractivity contribution in [1.82, 2.24) is 0 Å². The molecular weight excluding hydrogens is 231 g/mol. The summed E-state index contributed by atoms with van der Waals surface area (Å²) in [6, 6.07) is 19.7. The lowest BCUT2D eigenvalue weighted by Crippen LogP contribution is -2.15. The third kappa shape index (κ3) is 3.15. The number of hydrogen-bond acceptors (Lipinski definition) is 2. The van der Waals surface area contributed by atoms with Gasteiger partial charge in [0.2, 0.25) is 0 Å². The Morgan fingerprint density at radius 2 is 1.29 bits per heavy atom. The first-order valence-corrected chi connectivity index (χ1v) is 6.62.